The summed E-state index contributed by atoms with van der Waals surface area (Å²) in [6.07, 6.45) is -2.64. The van der Waals surface area contributed by atoms with Gasteiger partial charge in [0.15, 0.2) is 0 Å². The van der Waals surface area contributed by atoms with Crippen LogP contribution in [0.4, 0.5) is 13.2 Å². The number of aliphatic carboxylic acids is 1. The summed E-state index contributed by atoms with van der Waals surface area (Å²) in [5.41, 5.74) is 0.741. The van der Waals surface area contributed by atoms with Gasteiger partial charge in [0.05, 0.1) is 6.54 Å². The van der Waals surface area contributed by atoms with Crippen LogP contribution in [0.5, 0.6) is 5.75 Å². The van der Waals surface area contributed by atoms with Crippen molar-refractivity contribution in [2.24, 2.45) is 0 Å². The first kappa shape index (κ1) is 21.0. The van der Waals surface area contributed by atoms with Gasteiger partial charge in [-0.25, -0.2) is 0 Å². The zero-order chi connectivity index (χ0) is 20.0. The van der Waals surface area contributed by atoms with E-state index in [4.69, 9.17) is 5.11 Å². The molecule has 1 saturated carbocycles. The standard InChI is InChI=1S/C18H23F3N2O4/c1-2-23(11-17(25)26)14-9-13(10-14)22-16(24)8-5-12-3-6-15(7-4-12)27-18(19,20)21/h3-4,6-7,13-14H,2,5,8-11H2,1H3,(H,22,24)(H,25,26). The van der Waals surface area contributed by atoms with Gasteiger partial charge in [0.25, 0.3) is 0 Å². The molecule has 2 N–H and O–H groups in total. The molecule has 0 saturated heterocycles. The number of hydrogen-bond acceptors (Lipinski definition) is 4. The minimum Gasteiger partial charge on any atom is -0.480 e. The molecule has 0 atom stereocenters. The number of carbonyl (C=O) groups is 2. The van der Waals surface area contributed by atoms with E-state index in [1.165, 1.54) is 24.3 Å². The summed E-state index contributed by atoms with van der Waals surface area (Å²) < 4.78 is 40.1. The minimum absolute atomic E-state index is 0.00409. The number of carbonyl (C=O) groups excluding carboxylic acids is 1. The summed E-state index contributed by atoms with van der Waals surface area (Å²) in [4.78, 5) is 24.7. The molecule has 6 nitrogen and oxygen atoms in total. The number of aryl methyl sites for hydroxylation is 1. The van der Waals surface area contributed by atoms with Crippen LogP contribution in [-0.4, -0.2) is 53.4 Å². The maximum Gasteiger partial charge on any atom is 0.573 e. The van der Waals surface area contributed by atoms with Crippen molar-refractivity contribution in [2.45, 2.75) is 51.1 Å². The molecule has 1 aliphatic carbocycles. The van der Waals surface area contributed by atoms with Crippen molar-refractivity contribution < 1.29 is 32.6 Å². The highest BCUT2D eigenvalue weighted by molar-refractivity contribution is 5.76. The first-order chi connectivity index (χ1) is 12.7. The van der Waals surface area contributed by atoms with E-state index >= 15 is 0 Å². The van der Waals surface area contributed by atoms with Crippen LogP contribution in [0.1, 0.15) is 31.7 Å². The number of carboxylic acids is 1. The average molecular weight is 388 g/mol. The zero-order valence-corrected chi connectivity index (χ0v) is 15.0. The first-order valence-corrected chi connectivity index (χ1v) is 8.76. The molecule has 1 fully saturated rings. The number of halogens is 3. The Morgan fingerprint density at radius 3 is 2.41 bits per heavy atom. The van der Waals surface area contributed by atoms with Gasteiger partial charge in [-0.2, -0.15) is 0 Å². The minimum atomic E-state index is -4.72. The van der Waals surface area contributed by atoms with Crippen molar-refractivity contribution in [1.29, 1.82) is 0 Å². The van der Waals surface area contributed by atoms with Crippen LogP contribution >= 0.6 is 0 Å². The van der Waals surface area contributed by atoms with Crippen LogP contribution in [-0.2, 0) is 16.0 Å². The second-order valence-corrected chi connectivity index (χ2v) is 6.54. The van der Waals surface area contributed by atoms with Gasteiger partial charge in [-0.05, 0) is 43.5 Å². The van der Waals surface area contributed by atoms with E-state index in [9.17, 15) is 22.8 Å². The van der Waals surface area contributed by atoms with E-state index in [1.807, 2.05) is 11.8 Å². The molecule has 1 aliphatic rings. The SMILES string of the molecule is CCN(CC(=O)O)C1CC(NC(=O)CCc2ccc(OC(F)(F)F)cc2)C1. The fourth-order valence-electron chi connectivity index (χ4n) is 3.09. The van der Waals surface area contributed by atoms with Crippen LogP contribution in [0.3, 0.4) is 0 Å². The molecular formula is C18H23F3N2O4. The van der Waals surface area contributed by atoms with Gasteiger partial charge in [0.2, 0.25) is 5.91 Å². The molecule has 0 radical (unpaired) electrons. The molecule has 0 aromatic heterocycles. The molecule has 0 bridgehead atoms. The van der Waals surface area contributed by atoms with Crippen molar-refractivity contribution in [1.82, 2.24) is 10.2 Å². The summed E-state index contributed by atoms with van der Waals surface area (Å²) in [6, 6.07) is 5.64. The van der Waals surface area contributed by atoms with Crippen LogP contribution in [0.2, 0.25) is 0 Å². The predicted octanol–water partition coefficient (Wildman–Crippen LogP) is 2.57. The molecule has 2 rings (SSSR count). The van der Waals surface area contributed by atoms with E-state index < -0.39 is 12.3 Å². The molecule has 1 amide bonds. The summed E-state index contributed by atoms with van der Waals surface area (Å²) in [5, 5.41) is 11.8. The van der Waals surface area contributed by atoms with Crippen molar-refractivity contribution in [3.8, 4) is 5.75 Å². The third kappa shape index (κ3) is 7.09. The molecule has 0 spiro atoms. The molecule has 1 aromatic carbocycles. The molecule has 1 aromatic rings. The Kier molecular flexibility index (Phi) is 7.06. The van der Waals surface area contributed by atoms with Crippen LogP contribution in [0, 0.1) is 0 Å². The van der Waals surface area contributed by atoms with Gasteiger partial charge >= 0.3 is 12.3 Å². The second kappa shape index (κ2) is 9.07. The fourth-order valence-corrected chi connectivity index (χ4v) is 3.09. The number of ether oxygens (including phenoxy) is 1. The molecule has 0 unspecified atom stereocenters. The van der Waals surface area contributed by atoms with Gasteiger partial charge in [0.1, 0.15) is 5.75 Å². The maximum absolute atomic E-state index is 12.1. The normalized spacial score (nSPS) is 19.4. The van der Waals surface area contributed by atoms with Crippen LogP contribution in [0.25, 0.3) is 0 Å². The Morgan fingerprint density at radius 2 is 1.89 bits per heavy atom. The fraction of sp³-hybridized carbons (Fsp3) is 0.556. The van der Waals surface area contributed by atoms with Gasteiger partial charge in [-0.1, -0.05) is 19.1 Å². The number of nitrogens with one attached hydrogen (secondary N) is 1. The van der Waals surface area contributed by atoms with E-state index in [-0.39, 0.29) is 36.7 Å². The monoisotopic (exact) mass is 388 g/mol. The molecular weight excluding hydrogens is 365 g/mol. The van der Waals surface area contributed by atoms with Gasteiger partial charge in [0, 0.05) is 18.5 Å². The molecule has 27 heavy (non-hydrogen) atoms. The summed E-state index contributed by atoms with van der Waals surface area (Å²) >= 11 is 0. The Bertz CT molecular complexity index is 643. The number of nitrogens with zero attached hydrogens (tertiary/aromatic N) is 1. The quantitative estimate of drug-likeness (QED) is 0.680. The second-order valence-electron chi connectivity index (χ2n) is 6.54. The lowest BCUT2D eigenvalue weighted by Crippen LogP contribution is -2.54. The molecule has 0 heterocycles. The summed E-state index contributed by atoms with van der Waals surface area (Å²) in [6.45, 7) is 2.54. The van der Waals surface area contributed by atoms with Crippen molar-refractivity contribution in [3.05, 3.63) is 29.8 Å². The van der Waals surface area contributed by atoms with Gasteiger partial charge in [-0.15, -0.1) is 13.2 Å². The lowest BCUT2D eigenvalue weighted by molar-refractivity contribution is -0.274. The number of carboxylic acid groups (broad SMARTS) is 1. The van der Waals surface area contributed by atoms with E-state index in [0.717, 1.165) is 18.4 Å². The van der Waals surface area contributed by atoms with Gasteiger partial charge in [-0.3, -0.25) is 14.5 Å². The average Bonchev–Trinajstić information content (AvgIpc) is 2.53. The van der Waals surface area contributed by atoms with Crippen LogP contribution in [0.15, 0.2) is 24.3 Å². The molecule has 9 heteroatoms. The Balaban J connectivity index is 1.69. The first-order valence-electron chi connectivity index (χ1n) is 8.76. The Labute approximate surface area is 155 Å². The molecule has 150 valence electrons. The van der Waals surface area contributed by atoms with Crippen molar-refractivity contribution in [2.75, 3.05) is 13.1 Å². The smallest absolute Gasteiger partial charge is 0.480 e. The Morgan fingerprint density at radius 1 is 1.26 bits per heavy atom. The summed E-state index contributed by atoms with van der Waals surface area (Å²) in [5.74, 6) is -1.29. The zero-order valence-electron chi connectivity index (χ0n) is 15.0. The highest BCUT2D eigenvalue weighted by Gasteiger charge is 2.34. The number of likely N-dealkylation sites (N-methyl/N-ethyl adjacent to an activating group) is 1. The van der Waals surface area contributed by atoms with E-state index in [2.05, 4.69) is 10.1 Å². The lowest BCUT2D eigenvalue weighted by Gasteiger charge is -2.42. The van der Waals surface area contributed by atoms with Gasteiger partial charge < -0.3 is 15.2 Å². The maximum atomic E-state index is 12.1. The largest absolute Gasteiger partial charge is 0.573 e. The van der Waals surface area contributed by atoms with Crippen molar-refractivity contribution in [3.63, 3.8) is 0 Å². The third-order valence-corrected chi connectivity index (χ3v) is 4.54. The highest BCUT2D eigenvalue weighted by Crippen LogP contribution is 2.26. The summed E-state index contributed by atoms with van der Waals surface area (Å²) in [7, 11) is 0. The van der Waals surface area contributed by atoms with E-state index in [0.29, 0.717) is 13.0 Å². The number of alkyl halides is 3. The number of amides is 1. The highest BCUT2D eigenvalue weighted by atomic mass is 19.4. The predicted molar refractivity (Wildman–Crippen MR) is 91.3 cm³/mol. The third-order valence-electron chi connectivity index (χ3n) is 4.54. The van der Waals surface area contributed by atoms with Crippen LogP contribution < -0.4 is 10.1 Å². The van der Waals surface area contributed by atoms with Crippen molar-refractivity contribution >= 4 is 11.9 Å². The number of hydrogen-bond donors (Lipinski definition) is 2. The van der Waals surface area contributed by atoms with E-state index in [1.54, 1.807) is 0 Å². The Hall–Kier alpha value is -2.29. The number of benzene rings is 1. The lowest BCUT2D eigenvalue weighted by atomic mass is 9.85. The molecule has 0 aliphatic heterocycles. The number of rotatable bonds is 9. The topological polar surface area (TPSA) is 78.9 Å².